The zero-order valence-electron chi connectivity index (χ0n) is 7.88. The van der Waals surface area contributed by atoms with Gasteiger partial charge in [-0.15, -0.1) is 0 Å². The van der Waals surface area contributed by atoms with Gasteiger partial charge in [-0.2, -0.15) is 0 Å². The van der Waals surface area contributed by atoms with E-state index in [0.29, 0.717) is 11.3 Å². The molecular weight excluding hydrogens is 198 g/mol. The molecule has 0 spiro atoms. The Kier molecular flexibility index (Phi) is 2.67. The van der Waals surface area contributed by atoms with Crippen LogP contribution in [0.2, 0.25) is 0 Å². The highest BCUT2D eigenvalue weighted by Gasteiger charge is 2.06. The van der Waals surface area contributed by atoms with Gasteiger partial charge in [-0.1, -0.05) is 11.6 Å². The first kappa shape index (κ1) is 9.45. The molecular formula is C9H13N3OS. The maximum Gasteiger partial charge on any atom is 0.342 e. The van der Waals surface area contributed by atoms with Crippen molar-refractivity contribution in [2.75, 3.05) is 0 Å². The first-order valence-electron chi connectivity index (χ1n) is 4.83. The van der Waals surface area contributed by atoms with Crippen molar-refractivity contribution in [3.8, 4) is 0 Å². The van der Waals surface area contributed by atoms with Crippen molar-refractivity contribution in [3.63, 3.8) is 0 Å². The molecule has 0 unspecified atom stereocenters. The summed E-state index contributed by atoms with van der Waals surface area (Å²) in [7, 11) is 0. The fraction of sp³-hybridized carbons (Fsp3) is 0.556. The largest absolute Gasteiger partial charge is 0.342 e. The van der Waals surface area contributed by atoms with Gasteiger partial charge in [-0.25, -0.2) is 9.89 Å². The van der Waals surface area contributed by atoms with Crippen molar-refractivity contribution < 1.29 is 0 Å². The molecule has 0 radical (unpaired) electrons. The van der Waals surface area contributed by atoms with E-state index in [0.717, 1.165) is 6.42 Å². The lowest BCUT2D eigenvalue weighted by molar-refractivity contribution is 0.650. The van der Waals surface area contributed by atoms with Crippen LogP contribution in [0.3, 0.4) is 0 Å². The minimum absolute atomic E-state index is 0.145. The highest BCUT2D eigenvalue weighted by Crippen LogP contribution is 2.20. The standard InChI is InChI=1S/C9H13N3OS/c13-8-10-11-9(14)12(8)6-5-7-3-1-2-4-7/h3H,1-2,4-6H2,(H,10,13)(H,11,14). The summed E-state index contributed by atoms with van der Waals surface area (Å²) in [5, 5.41) is 5.10. The van der Waals surface area contributed by atoms with Crippen LogP contribution in [-0.2, 0) is 6.54 Å². The molecule has 1 heterocycles. The zero-order valence-corrected chi connectivity index (χ0v) is 8.69. The third-order valence-corrected chi connectivity index (χ3v) is 2.88. The van der Waals surface area contributed by atoms with Crippen molar-refractivity contribution in [1.82, 2.24) is 14.8 Å². The highest BCUT2D eigenvalue weighted by molar-refractivity contribution is 7.71. The molecule has 1 aliphatic rings. The van der Waals surface area contributed by atoms with Crippen LogP contribution in [-0.4, -0.2) is 14.8 Å². The van der Waals surface area contributed by atoms with Crippen molar-refractivity contribution in [2.45, 2.75) is 32.2 Å². The lowest BCUT2D eigenvalue weighted by Gasteiger charge is -2.01. The van der Waals surface area contributed by atoms with E-state index in [1.165, 1.54) is 24.8 Å². The predicted molar refractivity (Wildman–Crippen MR) is 56.8 cm³/mol. The quantitative estimate of drug-likeness (QED) is 0.591. The molecule has 2 rings (SSSR count). The first-order valence-corrected chi connectivity index (χ1v) is 5.23. The Morgan fingerprint density at radius 3 is 2.93 bits per heavy atom. The topological polar surface area (TPSA) is 53.6 Å². The molecule has 14 heavy (non-hydrogen) atoms. The van der Waals surface area contributed by atoms with Crippen LogP contribution in [0.25, 0.3) is 0 Å². The molecule has 76 valence electrons. The predicted octanol–water partition coefficient (Wildman–Crippen LogP) is 1.73. The molecule has 1 aromatic heterocycles. The third-order valence-electron chi connectivity index (χ3n) is 2.56. The maximum absolute atomic E-state index is 11.2. The highest BCUT2D eigenvalue weighted by atomic mass is 32.1. The number of allylic oxidation sites excluding steroid dienone is 2. The Balaban J connectivity index is 2.04. The van der Waals surface area contributed by atoms with E-state index in [1.54, 1.807) is 4.57 Å². The van der Waals surface area contributed by atoms with E-state index in [1.807, 2.05) is 0 Å². The number of H-pyrrole nitrogens is 2. The number of hydrogen-bond acceptors (Lipinski definition) is 2. The number of nitrogens with one attached hydrogen (secondary N) is 2. The lowest BCUT2D eigenvalue weighted by Crippen LogP contribution is -2.17. The summed E-state index contributed by atoms with van der Waals surface area (Å²) >= 11 is 4.97. The Labute approximate surface area is 86.6 Å². The molecule has 0 amide bonds. The van der Waals surface area contributed by atoms with Gasteiger partial charge in [0.15, 0.2) is 4.77 Å². The van der Waals surface area contributed by atoms with E-state index in [-0.39, 0.29) is 5.69 Å². The molecule has 0 aliphatic heterocycles. The van der Waals surface area contributed by atoms with E-state index in [2.05, 4.69) is 16.3 Å². The minimum atomic E-state index is -0.145. The molecule has 2 N–H and O–H groups in total. The van der Waals surface area contributed by atoms with Gasteiger partial charge in [0.05, 0.1) is 0 Å². The van der Waals surface area contributed by atoms with Gasteiger partial charge in [-0.05, 0) is 37.9 Å². The fourth-order valence-electron chi connectivity index (χ4n) is 1.76. The average molecular weight is 211 g/mol. The molecule has 0 saturated carbocycles. The van der Waals surface area contributed by atoms with Gasteiger partial charge in [0.25, 0.3) is 0 Å². The van der Waals surface area contributed by atoms with Crippen LogP contribution in [0, 0.1) is 4.77 Å². The monoisotopic (exact) mass is 211 g/mol. The molecule has 0 saturated heterocycles. The van der Waals surface area contributed by atoms with E-state index < -0.39 is 0 Å². The minimum Gasteiger partial charge on any atom is -0.272 e. The van der Waals surface area contributed by atoms with Crippen molar-refractivity contribution in [3.05, 3.63) is 26.9 Å². The summed E-state index contributed by atoms with van der Waals surface area (Å²) in [5.41, 5.74) is 1.31. The third kappa shape index (κ3) is 1.87. The molecule has 0 bridgehead atoms. The number of hydrogen-bond donors (Lipinski definition) is 2. The van der Waals surface area contributed by atoms with E-state index >= 15 is 0 Å². The van der Waals surface area contributed by atoms with Gasteiger partial charge < -0.3 is 0 Å². The summed E-state index contributed by atoms with van der Waals surface area (Å²) < 4.78 is 2.04. The van der Waals surface area contributed by atoms with E-state index in [9.17, 15) is 4.79 Å². The number of aromatic nitrogens is 3. The van der Waals surface area contributed by atoms with Crippen LogP contribution < -0.4 is 5.69 Å². The van der Waals surface area contributed by atoms with Crippen LogP contribution in [0.15, 0.2) is 16.4 Å². The van der Waals surface area contributed by atoms with Gasteiger partial charge in [-0.3, -0.25) is 9.67 Å². The Bertz CT molecular complexity index is 424. The van der Waals surface area contributed by atoms with Crippen LogP contribution in [0.4, 0.5) is 0 Å². The van der Waals surface area contributed by atoms with Crippen LogP contribution >= 0.6 is 12.2 Å². The number of nitrogens with zero attached hydrogens (tertiary/aromatic N) is 1. The van der Waals surface area contributed by atoms with Crippen molar-refractivity contribution in [1.29, 1.82) is 0 Å². The average Bonchev–Trinajstić information content (AvgIpc) is 2.76. The van der Waals surface area contributed by atoms with Gasteiger partial charge in [0.1, 0.15) is 0 Å². The van der Waals surface area contributed by atoms with Crippen molar-refractivity contribution in [2.24, 2.45) is 0 Å². The molecule has 1 aromatic rings. The lowest BCUT2D eigenvalue weighted by atomic mass is 10.2. The molecule has 0 aromatic carbocycles. The Morgan fingerprint density at radius 2 is 2.36 bits per heavy atom. The van der Waals surface area contributed by atoms with Gasteiger partial charge in [0, 0.05) is 6.54 Å². The summed E-state index contributed by atoms with van der Waals surface area (Å²) in [6.45, 7) is 0.684. The molecule has 5 heteroatoms. The molecule has 0 atom stereocenters. The zero-order chi connectivity index (χ0) is 9.97. The summed E-state index contributed by atoms with van der Waals surface area (Å²) in [6.07, 6.45) is 6.82. The van der Waals surface area contributed by atoms with Crippen molar-refractivity contribution >= 4 is 12.2 Å². The smallest absolute Gasteiger partial charge is 0.272 e. The van der Waals surface area contributed by atoms with Gasteiger partial charge >= 0.3 is 5.69 Å². The maximum atomic E-state index is 11.2. The van der Waals surface area contributed by atoms with Crippen LogP contribution in [0.5, 0.6) is 0 Å². The first-order chi connectivity index (χ1) is 6.77. The summed E-state index contributed by atoms with van der Waals surface area (Å²) in [4.78, 5) is 11.2. The molecule has 0 fully saturated rings. The Morgan fingerprint density at radius 1 is 1.50 bits per heavy atom. The normalized spacial score (nSPS) is 15.9. The Hall–Kier alpha value is -1.10. The van der Waals surface area contributed by atoms with Gasteiger partial charge in [0.2, 0.25) is 0 Å². The second kappa shape index (κ2) is 3.96. The second-order valence-corrected chi connectivity index (χ2v) is 3.90. The number of rotatable bonds is 3. The number of aromatic amines is 2. The second-order valence-electron chi connectivity index (χ2n) is 3.52. The van der Waals surface area contributed by atoms with E-state index in [4.69, 9.17) is 12.2 Å². The summed E-state index contributed by atoms with van der Waals surface area (Å²) in [6, 6.07) is 0. The molecule has 4 nitrogen and oxygen atoms in total. The fourth-order valence-corrected chi connectivity index (χ4v) is 1.98. The molecule has 1 aliphatic carbocycles. The summed E-state index contributed by atoms with van der Waals surface area (Å²) in [5.74, 6) is 0. The van der Waals surface area contributed by atoms with Crippen LogP contribution in [0.1, 0.15) is 25.7 Å². The SMILES string of the molecule is O=c1[nH][nH]c(=S)n1CCC1=CCCC1.